The minimum atomic E-state index is -3.37. The number of methoxy groups -OCH3 is 1. The van der Waals surface area contributed by atoms with Crippen LogP contribution in [0.25, 0.3) is 0 Å². The summed E-state index contributed by atoms with van der Waals surface area (Å²) >= 11 is 8.87. The predicted molar refractivity (Wildman–Crippen MR) is 77.6 cm³/mol. The van der Waals surface area contributed by atoms with Crippen molar-refractivity contribution >= 4 is 43.2 Å². The van der Waals surface area contributed by atoms with Gasteiger partial charge in [-0.3, -0.25) is 4.72 Å². The van der Waals surface area contributed by atoms with Crippen LogP contribution in [0.15, 0.2) is 22.7 Å². The molecule has 0 aliphatic heterocycles. The van der Waals surface area contributed by atoms with Crippen molar-refractivity contribution in [1.82, 2.24) is 0 Å². The van der Waals surface area contributed by atoms with Crippen molar-refractivity contribution in [3.05, 3.63) is 28.2 Å². The Morgan fingerprint density at radius 2 is 2.17 bits per heavy atom. The first kappa shape index (κ1) is 15.8. The molecule has 0 bridgehead atoms. The van der Waals surface area contributed by atoms with Gasteiger partial charge in [-0.1, -0.05) is 22.0 Å². The fourth-order valence-electron chi connectivity index (χ4n) is 1.41. The maximum absolute atomic E-state index is 11.8. The number of rotatable bonds is 7. The third-order valence-electron chi connectivity index (χ3n) is 2.22. The molecule has 1 aromatic carbocycles. The molecule has 18 heavy (non-hydrogen) atoms. The third kappa shape index (κ3) is 4.76. The SMILES string of the molecule is COCc1c(Br)cccc1NS(=O)(=O)CCCCl. The number of benzene rings is 1. The molecule has 0 heterocycles. The van der Waals surface area contributed by atoms with Crippen molar-refractivity contribution in [2.24, 2.45) is 0 Å². The molecule has 0 saturated carbocycles. The average Bonchev–Trinajstić information content (AvgIpc) is 2.31. The molecule has 0 radical (unpaired) electrons. The molecule has 4 nitrogen and oxygen atoms in total. The van der Waals surface area contributed by atoms with E-state index >= 15 is 0 Å². The zero-order chi connectivity index (χ0) is 13.6. The molecule has 0 fully saturated rings. The number of nitrogens with one attached hydrogen (secondary N) is 1. The second-order valence-corrected chi connectivity index (χ2v) is 6.74. The highest BCUT2D eigenvalue weighted by atomic mass is 79.9. The highest BCUT2D eigenvalue weighted by molar-refractivity contribution is 9.10. The second-order valence-electron chi connectivity index (χ2n) is 3.66. The number of hydrogen-bond donors (Lipinski definition) is 1. The van der Waals surface area contributed by atoms with E-state index in [1.165, 1.54) is 0 Å². The van der Waals surface area contributed by atoms with Gasteiger partial charge in [0.2, 0.25) is 10.0 Å². The Bertz CT molecular complexity index is 493. The van der Waals surface area contributed by atoms with E-state index in [2.05, 4.69) is 20.7 Å². The Morgan fingerprint density at radius 3 is 2.78 bits per heavy atom. The number of alkyl halides is 1. The summed E-state index contributed by atoms with van der Waals surface area (Å²) in [6.07, 6.45) is 0.421. The van der Waals surface area contributed by atoms with Crippen molar-refractivity contribution in [1.29, 1.82) is 0 Å². The first-order valence-corrected chi connectivity index (χ1v) is 8.31. The number of ether oxygens (including phenoxy) is 1. The molecular weight excluding hydrogens is 342 g/mol. The van der Waals surface area contributed by atoms with Gasteiger partial charge in [0.25, 0.3) is 0 Å². The molecule has 0 unspecified atom stereocenters. The van der Waals surface area contributed by atoms with Gasteiger partial charge in [-0.25, -0.2) is 8.42 Å². The standard InChI is InChI=1S/C11H15BrClNO3S/c1-17-8-9-10(12)4-2-5-11(9)14-18(15,16)7-3-6-13/h2,4-5,14H,3,6-8H2,1H3. The Kier molecular flexibility index (Phi) is 6.42. The van der Waals surface area contributed by atoms with Gasteiger partial charge in [-0.15, -0.1) is 11.6 Å². The molecule has 0 aliphatic rings. The van der Waals surface area contributed by atoms with E-state index in [4.69, 9.17) is 16.3 Å². The summed E-state index contributed by atoms with van der Waals surface area (Å²) in [6, 6.07) is 5.31. The van der Waals surface area contributed by atoms with Gasteiger partial charge < -0.3 is 4.74 Å². The lowest BCUT2D eigenvalue weighted by Crippen LogP contribution is -2.18. The van der Waals surface area contributed by atoms with Gasteiger partial charge in [0.15, 0.2) is 0 Å². The molecule has 7 heteroatoms. The summed E-state index contributed by atoms with van der Waals surface area (Å²) in [5, 5.41) is 0. The molecule has 0 amide bonds. The van der Waals surface area contributed by atoms with Gasteiger partial charge in [-0.05, 0) is 18.6 Å². The molecule has 1 N–H and O–H groups in total. The second kappa shape index (κ2) is 7.33. The van der Waals surface area contributed by atoms with Crippen LogP contribution in [0.3, 0.4) is 0 Å². The molecule has 0 atom stereocenters. The van der Waals surface area contributed by atoms with Crippen molar-refractivity contribution in [3.63, 3.8) is 0 Å². The van der Waals surface area contributed by atoms with Crippen LogP contribution in [0.2, 0.25) is 0 Å². The lowest BCUT2D eigenvalue weighted by molar-refractivity contribution is 0.185. The monoisotopic (exact) mass is 355 g/mol. The summed E-state index contributed by atoms with van der Waals surface area (Å²) in [7, 11) is -1.80. The van der Waals surface area contributed by atoms with Crippen LogP contribution in [0.4, 0.5) is 5.69 Å². The van der Waals surface area contributed by atoms with Crippen LogP contribution in [-0.2, 0) is 21.4 Å². The molecule has 0 aliphatic carbocycles. The lowest BCUT2D eigenvalue weighted by Gasteiger charge is -2.13. The van der Waals surface area contributed by atoms with Crippen molar-refractivity contribution in [2.75, 3.05) is 23.5 Å². The summed E-state index contributed by atoms with van der Waals surface area (Å²) in [4.78, 5) is 0. The summed E-state index contributed by atoms with van der Waals surface area (Å²) < 4.78 is 32.0. The molecular formula is C11H15BrClNO3S. The topological polar surface area (TPSA) is 55.4 Å². The fourth-order valence-corrected chi connectivity index (χ4v) is 3.33. The van der Waals surface area contributed by atoms with E-state index in [0.29, 0.717) is 24.6 Å². The fraction of sp³-hybridized carbons (Fsp3) is 0.455. The molecule has 102 valence electrons. The van der Waals surface area contributed by atoms with E-state index in [0.717, 1.165) is 10.0 Å². The average molecular weight is 357 g/mol. The van der Waals surface area contributed by atoms with Crippen LogP contribution >= 0.6 is 27.5 Å². The van der Waals surface area contributed by atoms with Crippen molar-refractivity contribution < 1.29 is 13.2 Å². The van der Waals surface area contributed by atoms with Crippen LogP contribution in [-0.4, -0.2) is 27.2 Å². The highest BCUT2D eigenvalue weighted by Gasteiger charge is 2.14. The molecule has 0 spiro atoms. The van der Waals surface area contributed by atoms with Crippen LogP contribution < -0.4 is 4.72 Å². The Labute approximate surface area is 121 Å². The normalized spacial score (nSPS) is 11.5. The van der Waals surface area contributed by atoms with Gasteiger partial charge in [0, 0.05) is 23.0 Å². The molecule has 0 saturated heterocycles. The number of anilines is 1. The van der Waals surface area contributed by atoms with Crippen molar-refractivity contribution in [3.8, 4) is 0 Å². The lowest BCUT2D eigenvalue weighted by atomic mass is 10.2. The quantitative estimate of drug-likeness (QED) is 0.764. The van der Waals surface area contributed by atoms with E-state index in [1.807, 2.05) is 6.07 Å². The minimum Gasteiger partial charge on any atom is -0.380 e. The number of hydrogen-bond acceptors (Lipinski definition) is 3. The molecule has 0 aromatic heterocycles. The molecule has 1 aromatic rings. The maximum Gasteiger partial charge on any atom is 0.232 e. The van der Waals surface area contributed by atoms with Crippen LogP contribution in [0, 0.1) is 0 Å². The van der Waals surface area contributed by atoms with Gasteiger partial charge >= 0.3 is 0 Å². The summed E-state index contributed by atoms with van der Waals surface area (Å²) in [5.74, 6) is 0.333. The van der Waals surface area contributed by atoms with E-state index in [-0.39, 0.29) is 5.75 Å². The Morgan fingerprint density at radius 1 is 1.44 bits per heavy atom. The number of halogens is 2. The number of sulfonamides is 1. The Hall–Kier alpha value is -0.300. The van der Waals surface area contributed by atoms with Gasteiger partial charge in [0.1, 0.15) is 0 Å². The van der Waals surface area contributed by atoms with E-state index < -0.39 is 10.0 Å². The first-order valence-electron chi connectivity index (χ1n) is 5.33. The van der Waals surface area contributed by atoms with E-state index in [9.17, 15) is 8.42 Å². The van der Waals surface area contributed by atoms with Crippen LogP contribution in [0.5, 0.6) is 0 Å². The molecule has 1 rings (SSSR count). The highest BCUT2D eigenvalue weighted by Crippen LogP contribution is 2.26. The maximum atomic E-state index is 11.8. The van der Waals surface area contributed by atoms with Gasteiger partial charge in [0.05, 0.1) is 18.0 Å². The predicted octanol–water partition coefficient (Wildman–Crippen LogP) is 2.97. The van der Waals surface area contributed by atoms with Gasteiger partial charge in [-0.2, -0.15) is 0 Å². The zero-order valence-electron chi connectivity index (χ0n) is 9.95. The van der Waals surface area contributed by atoms with E-state index in [1.54, 1.807) is 19.2 Å². The van der Waals surface area contributed by atoms with Crippen molar-refractivity contribution in [2.45, 2.75) is 13.0 Å². The third-order valence-corrected chi connectivity index (χ3v) is 4.59. The van der Waals surface area contributed by atoms with Crippen LogP contribution in [0.1, 0.15) is 12.0 Å². The smallest absolute Gasteiger partial charge is 0.232 e. The zero-order valence-corrected chi connectivity index (χ0v) is 13.1. The first-order chi connectivity index (χ1) is 8.50. The largest absolute Gasteiger partial charge is 0.380 e. The summed E-state index contributed by atoms with van der Waals surface area (Å²) in [5.41, 5.74) is 1.30. The minimum absolute atomic E-state index is 0.00936. The Balaban J connectivity index is 2.93. The summed E-state index contributed by atoms with van der Waals surface area (Å²) in [6.45, 7) is 0.328.